The molecule has 0 aromatic heterocycles. The predicted molar refractivity (Wildman–Crippen MR) is 93.4 cm³/mol. The molecule has 4 nitrogen and oxygen atoms in total. The highest BCUT2D eigenvalue weighted by Gasteiger charge is 2.31. The molecule has 1 aliphatic heterocycles. The average Bonchev–Trinajstić information content (AvgIpc) is 2.66. The van der Waals surface area contributed by atoms with E-state index in [4.69, 9.17) is 11.6 Å². The van der Waals surface area contributed by atoms with Gasteiger partial charge in [0.15, 0.2) is 0 Å². The lowest BCUT2D eigenvalue weighted by Gasteiger charge is -2.27. The Morgan fingerprint density at radius 1 is 1.13 bits per heavy atom. The SMILES string of the molecule is CC1CN(S(=O)(=O)c2cccc(Cl)c2)Cc2ccccc2N1C. The monoisotopic (exact) mass is 350 g/mol. The van der Waals surface area contributed by atoms with Crippen molar-refractivity contribution in [3.8, 4) is 0 Å². The smallest absolute Gasteiger partial charge is 0.243 e. The minimum absolute atomic E-state index is 0.0765. The van der Waals surface area contributed by atoms with Gasteiger partial charge in [0, 0.05) is 36.9 Å². The van der Waals surface area contributed by atoms with Crippen molar-refractivity contribution in [1.29, 1.82) is 0 Å². The van der Waals surface area contributed by atoms with Crippen molar-refractivity contribution in [3.05, 3.63) is 59.1 Å². The van der Waals surface area contributed by atoms with Gasteiger partial charge in [0.2, 0.25) is 10.0 Å². The van der Waals surface area contributed by atoms with Gasteiger partial charge in [0.25, 0.3) is 0 Å². The number of hydrogen-bond donors (Lipinski definition) is 0. The predicted octanol–water partition coefficient (Wildman–Crippen LogP) is 3.37. The van der Waals surface area contributed by atoms with Gasteiger partial charge < -0.3 is 4.90 Å². The van der Waals surface area contributed by atoms with E-state index >= 15 is 0 Å². The van der Waals surface area contributed by atoms with E-state index < -0.39 is 10.0 Å². The van der Waals surface area contributed by atoms with E-state index in [0.717, 1.165) is 11.3 Å². The summed E-state index contributed by atoms with van der Waals surface area (Å²) in [6.07, 6.45) is 0. The third-order valence-electron chi connectivity index (χ3n) is 4.28. The van der Waals surface area contributed by atoms with E-state index in [2.05, 4.69) is 4.90 Å². The van der Waals surface area contributed by atoms with E-state index in [9.17, 15) is 8.42 Å². The van der Waals surface area contributed by atoms with Gasteiger partial charge in [0.1, 0.15) is 0 Å². The number of nitrogens with zero attached hydrogens (tertiary/aromatic N) is 2. The van der Waals surface area contributed by atoms with E-state index in [1.165, 1.54) is 10.4 Å². The standard InChI is InChI=1S/C17H19ClN2O2S/c1-13-11-20(12-14-6-3-4-9-17(14)19(13)2)23(21,22)16-8-5-7-15(18)10-16/h3-10,13H,11-12H2,1-2H3. The Morgan fingerprint density at radius 2 is 1.87 bits per heavy atom. The van der Waals surface area contributed by atoms with E-state index in [1.54, 1.807) is 18.2 Å². The van der Waals surface area contributed by atoms with Crippen molar-refractivity contribution in [2.75, 3.05) is 18.5 Å². The van der Waals surface area contributed by atoms with Crippen LogP contribution in [0.4, 0.5) is 5.69 Å². The molecule has 122 valence electrons. The van der Waals surface area contributed by atoms with Crippen LogP contribution in [0.25, 0.3) is 0 Å². The first-order valence-electron chi connectivity index (χ1n) is 7.46. The second-order valence-electron chi connectivity index (χ2n) is 5.84. The van der Waals surface area contributed by atoms with Gasteiger partial charge in [-0.3, -0.25) is 0 Å². The Balaban J connectivity index is 2.04. The molecule has 1 heterocycles. The van der Waals surface area contributed by atoms with E-state index in [-0.39, 0.29) is 10.9 Å². The van der Waals surface area contributed by atoms with Crippen LogP contribution in [0.15, 0.2) is 53.4 Å². The molecule has 1 aliphatic rings. The largest absolute Gasteiger partial charge is 0.370 e. The highest BCUT2D eigenvalue weighted by molar-refractivity contribution is 7.89. The van der Waals surface area contributed by atoms with Crippen molar-refractivity contribution in [3.63, 3.8) is 0 Å². The zero-order valence-electron chi connectivity index (χ0n) is 13.1. The molecule has 0 saturated heterocycles. The molecule has 3 rings (SSSR count). The molecule has 0 saturated carbocycles. The summed E-state index contributed by atoms with van der Waals surface area (Å²) in [6, 6.07) is 14.4. The molecular weight excluding hydrogens is 332 g/mol. The van der Waals surface area contributed by atoms with Crippen LogP contribution in [-0.4, -0.2) is 32.4 Å². The van der Waals surface area contributed by atoms with Gasteiger partial charge in [-0.05, 0) is 36.8 Å². The molecular formula is C17H19ClN2O2S. The van der Waals surface area contributed by atoms with Crippen LogP contribution in [0.3, 0.4) is 0 Å². The van der Waals surface area contributed by atoms with Crippen LogP contribution in [0.5, 0.6) is 0 Å². The molecule has 0 N–H and O–H groups in total. The summed E-state index contributed by atoms with van der Waals surface area (Å²) < 4.78 is 27.5. The lowest BCUT2D eigenvalue weighted by atomic mass is 10.1. The molecule has 1 atom stereocenters. The fraction of sp³-hybridized carbons (Fsp3) is 0.294. The maximum atomic E-state index is 13.0. The highest BCUT2D eigenvalue weighted by atomic mass is 35.5. The molecule has 0 fully saturated rings. The Labute approximate surface area is 142 Å². The second kappa shape index (κ2) is 6.15. The van der Waals surface area contributed by atoms with Crippen LogP contribution in [0, 0.1) is 0 Å². The minimum Gasteiger partial charge on any atom is -0.370 e. The number of benzene rings is 2. The fourth-order valence-electron chi connectivity index (χ4n) is 2.86. The van der Waals surface area contributed by atoms with Crippen molar-refractivity contribution in [2.24, 2.45) is 0 Å². The number of rotatable bonds is 2. The van der Waals surface area contributed by atoms with Crippen molar-refractivity contribution >= 4 is 27.3 Å². The first-order valence-corrected chi connectivity index (χ1v) is 9.28. The zero-order chi connectivity index (χ0) is 16.6. The highest BCUT2D eigenvalue weighted by Crippen LogP contribution is 2.30. The maximum Gasteiger partial charge on any atom is 0.243 e. The van der Waals surface area contributed by atoms with Crippen LogP contribution in [0.1, 0.15) is 12.5 Å². The summed E-state index contributed by atoms with van der Waals surface area (Å²) in [6.45, 7) is 2.82. The molecule has 2 aromatic rings. The average molecular weight is 351 g/mol. The summed E-state index contributed by atoms with van der Waals surface area (Å²) in [4.78, 5) is 2.36. The Morgan fingerprint density at radius 3 is 2.61 bits per heavy atom. The lowest BCUT2D eigenvalue weighted by Crippen LogP contribution is -2.40. The van der Waals surface area contributed by atoms with Crippen molar-refractivity contribution in [2.45, 2.75) is 24.4 Å². The molecule has 0 aliphatic carbocycles. The molecule has 0 amide bonds. The van der Waals surface area contributed by atoms with Gasteiger partial charge in [-0.1, -0.05) is 35.9 Å². The van der Waals surface area contributed by atoms with Crippen LogP contribution in [-0.2, 0) is 16.6 Å². The third kappa shape index (κ3) is 3.09. The summed E-state index contributed by atoms with van der Waals surface area (Å²) in [5, 5.41) is 0.423. The summed E-state index contributed by atoms with van der Waals surface area (Å²) >= 11 is 5.96. The quantitative estimate of drug-likeness (QED) is 0.833. The molecule has 1 unspecified atom stereocenters. The molecule has 23 heavy (non-hydrogen) atoms. The summed E-state index contributed by atoms with van der Waals surface area (Å²) in [7, 11) is -1.59. The van der Waals surface area contributed by atoms with Crippen LogP contribution < -0.4 is 4.90 Å². The number of sulfonamides is 1. The van der Waals surface area contributed by atoms with Gasteiger partial charge in [-0.25, -0.2) is 8.42 Å². The number of anilines is 1. The van der Waals surface area contributed by atoms with E-state index in [0.29, 0.717) is 18.1 Å². The number of halogens is 1. The fourth-order valence-corrected chi connectivity index (χ4v) is 4.66. The summed E-state index contributed by atoms with van der Waals surface area (Å²) in [5.74, 6) is 0. The number of para-hydroxylation sites is 1. The third-order valence-corrected chi connectivity index (χ3v) is 6.32. The summed E-state index contributed by atoms with van der Waals surface area (Å²) in [5.41, 5.74) is 2.08. The first kappa shape index (κ1) is 16.3. The molecule has 0 spiro atoms. The van der Waals surface area contributed by atoms with Crippen molar-refractivity contribution < 1.29 is 8.42 Å². The van der Waals surface area contributed by atoms with Gasteiger partial charge in [-0.2, -0.15) is 4.31 Å². The topological polar surface area (TPSA) is 40.6 Å². The maximum absolute atomic E-state index is 13.0. The van der Waals surface area contributed by atoms with Crippen LogP contribution in [0.2, 0.25) is 5.02 Å². The number of fused-ring (bicyclic) bond motifs is 1. The minimum atomic E-state index is -3.58. The second-order valence-corrected chi connectivity index (χ2v) is 8.22. The Bertz CT molecular complexity index is 823. The zero-order valence-corrected chi connectivity index (χ0v) is 14.7. The normalized spacial score (nSPS) is 19.3. The Kier molecular flexibility index (Phi) is 4.36. The molecule has 2 aromatic carbocycles. The van der Waals surface area contributed by atoms with Crippen molar-refractivity contribution in [1.82, 2.24) is 4.31 Å². The van der Waals surface area contributed by atoms with E-state index in [1.807, 2.05) is 38.2 Å². The van der Waals surface area contributed by atoms with Gasteiger partial charge >= 0.3 is 0 Å². The number of hydrogen-bond acceptors (Lipinski definition) is 3. The molecule has 6 heteroatoms. The molecule has 0 radical (unpaired) electrons. The first-order chi connectivity index (χ1) is 10.9. The van der Waals surface area contributed by atoms with Crippen LogP contribution >= 0.6 is 11.6 Å². The van der Waals surface area contributed by atoms with Gasteiger partial charge in [-0.15, -0.1) is 0 Å². The lowest BCUT2D eigenvalue weighted by molar-refractivity contribution is 0.392. The van der Waals surface area contributed by atoms with Gasteiger partial charge in [0.05, 0.1) is 4.90 Å². The Hall–Kier alpha value is -1.56. The number of likely N-dealkylation sites (N-methyl/N-ethyl adjacent to an activating group) is 1. The molecule has 0 bridgehead atoms.